The fourth-order valence-corrected chi connectivity index (χ4v) is 3.41. The Kier molecular flexibility index (Phi) is 4.20. The van der Waals surface area contributed by atoms with Gasteiger partial charge in [-0.25, -0.2) is 17.2 Å². The van der Waals surface area contributed by atoms with Crippen molar-refractivity contribution in [2.75, 3.05) is 10.5 Å². The van der Waals surface area contributed by atoms with E-state index in [-0.39, 0.29) is 21.8 Å². The lowest BCUT2D eigenvalue weighted by Crippen LogP contribution is -2.16. The summed E-state index contributed by atoms with van der Waals surface area (Å²) in [6, 6.07) is 6.00. The molecule has 112 valence electrons. The highest BCUT2D eigenvalue weighted by molar-refractivity contribution is 9.10. The number of sulfonamides is 1. The third kappa shape index (κ3) is 3.33. The van der Waals surface area contributed by atoms with Gasteiger partial charge in [0.15, 0.2) is 0 Å². The molecular formula is C13H11BrF2N2O2S. The lowest BCUT2D eigenvalue weighted by atomic mass is 10.2. The van der Waals surface area contributed by atoms with Crippen molar-refractivity contribution < 1.29 is 17.2 Å². The Labute approximate surface area is 129 Å². The van der Waals surface area contributed by atoms with Crippen molar-refractivity contribution in [1.82, 2.24) is 0 Å². The monoisotopic (exact) mass is 376 g/mol. The van der Waals surface area contributed by atoms with Gasteiger partial charge in [-0.2, -0.15) is 0 Å². The Bertz CT molecular complexity index is 810. The number of hydrogen-bond acceptors (Lipinski definition) is 3. The van der Waals surface area contributed by atoms with Crippen molar-refractivity contribution in [3.63, 3.8) is 0 Å². The summed E-state index contributed by atoms with van der Waals surface area (Å²) in [5.74, 6) is -1.50. The topological polar surface area (TPSA) is 72.2 Å². The minimum Gasteiger partial charge on any atom is -0.399 e. The van der Waals surface area contributed by atoms with Gasteiger partial charge in [-0.15, -0.1) is 0 Å². The van der Waals surface area contributed by atoms with Crippen LogP contribution in [-0.2, 0) is 10.0 Å². The quantitative estimate of drug-likeness (QED) is 0.806. The third-order valence-corrected chi connectivity index (χ3v) is 4.77. The Morgan fingerprint density at radius 1 is 1.14 bits per heavy atom. The molecule has 0 amide bonds. The van der Waals surface area contributed by atoms with E-state index in [1.807, 2.05) is 0 Å². The van der Waals surface area contributed by atoms with Crippen molar-refractivity contribution in [3.8, 4) is 0 Å². The highest BCUT2D eigenvalue weighted by atomic mass is 79.9. The van der Waals surface area contributed by atoms with Gasteiger partial charge in [-0.05, 0) is 37.3 Å². The lowest BCUT2D eigenvalue weighted by molar-refractivity contribution is 0.589. The Hall–Kier alpha value is -1.67. The van der Waals surface area contributed by atoms with Crippen molar-refractivity contribution in [3.05, 3.63) is 52.0 Å². The first-order chi connectivity index (χ1) is 9.70. The number of benzene rings is 2. The zero-order valence-corrected chi connectivity index (χ0v) is 13.2. The van der Waals surface area contributed by atoms with Crippen LogP contribution in [0.5, 0.6) is 0 Å². The number of rotatable bonds is 3. The van der Waals surface area contributed by atoms with E-state index in [4.69, 9.17) is 5.73 Å². The molecule has 0 aliphatic rings. The van der Waals surface area contributed by atoms with Crippen molar-refractivity contribution in [1.29, 1.82) is 0 Å². The number of nitrogens with one attached hydrogen (secondary N) is 1. The van der Waals surface area contributed by atoms with E-state index < -0.39 is 21.7 Å². The van der Waals surface area contributed by atoms with E-state index in [1.54, 1.807) is 0 Å². The van der Waals surface area contributed by atoms with Gasteiger partial charge in [0.05, 0.1) is 10.6 Å². The summed E-state index contributed by atoms with van der Waals surface area (Å²) in [6.45, 7) is 1.31. The maximum Gasteiger partial charge on any atom is 0.262 e. The summed E-state index contributed by atoms with van der Waals surface area (Å²) < 4.78 is 54.3. The zero-order valence-electron chi connectivity index (χ0n) is 10.8. The molecule has 0 fully saturated rings. The van der Waals surface area contributed by atoms with Crippen molar-refractivity contribution in [2.24, 2.45) is 0 Å². The standard InChI is InChI=1S/C13H11BrF2N2O2S/c1-7-10(15)5-9(17)6-13(7)21(19,20)18-12-3-2-8(14)4-11(12)16/h2-6,18H,17H2,1H3. The SMILES string of the molecule is Cc1c(F)cc(N)cc1S(=O)(=O)Nc1ccc(Br)cc1F. The van der Waals surface area contributed by atoms with Crippen LogP contribution in [0.1, 0.15) is 5.56 Å². The molecule has 0 saturated heterocycles. The summed E-state index contributed by atoms with van der Waals surface area (Å²) >= 11 is 3.07. The van der Waals surface area contributed by atoms with Gasteiger partial charge in [0.25, 0.3) is 10.0 Å². The van der Waals surface area contributed by atoms with Crippen LogP contribution < -0.4 is 10.5 Å². The molecule has 0 atom stereocenters. The van der Waals surface area contributed by atoms with Crippen LogP contribution in [0.3, 0.4) is 0 Å². The normalized spacial score (nSPS) is 11.4. The van der Waals surface area contributed by atoms with Gasteiger partial charge >= 0.3 is 0 Å². The second kappa shape index (κ2) is 5.61. The van der Waals surface area contributed by atoms with Crippen LogP contribution in [0, 0.1) is 18.6 Å². The smallest absolute Gasteiger partial charge is 0.262 e. The summed E-state index contributed by atoms with van der Waals surface area (Å²) in [4.78, 5) is -0.331. The van der Waals surface area contributed by atoms with E-state index in [2.05, 4.69) is 20.7 Å². The first-order valence-corrected chi connectivity index (χ1v) is 8.02. The molecule has 21 heavy (non-hydrogen) atoms. The number of nitrogen functional groups attached to an aromatic ring is 1. The van der Waals surface area contributed by atoms with Crippen molar-refractivity contribution in [2.45, 2.75) is 11.8 Å². The third-order valence-electron chi connectivity index (χ3n) is 2.78. The van der Waals surface area contributed by atoms with Gasteiger partial charge in [0.1, 0.15) is 11.6 Å². The Morgan fingerprint density at radius 2 is 1.81 bits per heavy atom. The van der Waals surface area contributed by atoms with E-state index in [0.29, 0.717) is 4.47 Å². The number of hydrogen-bond donors (Lipinski definition) is 2. The predicted octanol–water partition coefficient (Wildman–Crippen LogP) is 3.42. The highest BCUT2D eigenvalue weighted by Crippen LogP contribution is 2.26. The van der Waals surface area contributed by atoms with Crippen LogP contribution in [-0.4, -0.2) is 8.42 Å². The Morgan fingerprint density at radius 3 is 2.43 bits per heavy atom. The lowest BCUT2D eigenvalue weighted by Gasteiger charge is -2.12. The molecule has 2 aromatic carbocycles. The molecule has 4 nitrogen and oxygen atoms in total. The molecule has 0 unspecified atom stereocenters. The maximum atomic E-state index is 13.7. The van der Waals surface area contributed by atoms with E-state index in [9.17, 15) is 17.2 Å². The number of halogens is 3. The molecule has 0 aliphatic carbocycles. The minimum atomic E-state index is -4.15. The van der Waals surface area contributed by atoms with Crippen LogP contribution in [0.25, 0.3) is 0 Å². The molecule has 0 spiro atoms. The molecule has 3 N–H and O–H groups in total. The molecule has 0 saturated carbocycles. The molecule has 0 aromatic heterocycles. The number of anilines is 2. The van der Waals surface area contributed by atoms with Gasteiger partial charge < -0.3 is 5.73 Å². The average molecular weight is 377 g/mol. The molecule has 0 heterocycles. The fraction of sp³-hybridized carbons (Fsp3) is 0.0769. The van der Waals surface area contributed by atoms with Crippen LogP contribution >= 0.6 is 15.9 Å². The maximum absolute atomic E-state index is 13.7. The average Bonchev–Trinajstić information content (AvgIpc) is 2.37. The molecular weight excluding hydrogens is 366 g/mol. The Balaban J connectivity index is 2.48. The minimum absolute atomic E-state index is 0.0326. The van der Waals surface area contributed by atoms with E-state index in [0.717, 1.165) is 18.2 Å². The van der Waals surface area contributed by atoms with Crippen molar-refractivity contribution >= 4 is 37.3 Å². The van der Waals surface area contributed by atoms with Crippen LogP contribution in [0.4, 0.5) is 20.2 Å². The fourth-order valence-electron chi connectivity index (χ4n) is 1.72. The van der Waals surface area contributed by atoms with Gasteiger partial charge in [-0.1, -0.05) is 15.9 Å². The first kappa shape index (κ1) is 15.7. The molecule has 0 radical (unpaired) electrons. The highest BCUT2D eigenvalue weighted by Gasteiger charge is 2.21. The second-order valence-electron chi connectivity index (χ2n) is 4.36. The van der Waals surface area contributed by atoms with Crippen LogP contribution in [0.15, 0.2) is 39.7 Å². The summed E-state index contributed by atoms with van der Waals surface area (Å²) in [5, 5.41) is 0. The van der Waals surface area contributed by atoms with E-state index >= 15 is 0 Å². The second-order valence-corrected chi connectivity index (χ2v) is 6.92. The van der Waals surface area contributed by atoms with Crippen LogP contribution in [0.2, 0.25) is 0 Å². The predicted molar refractivity (Wildman–Crippen MR) is 80.5 cm³/mol. The molecule has 0 bridgehead atoms. The molecule has 0 aliphatic heterocycles. The molecule has 2 rings (SSSR count). The van der Waals surface area contributed by atoms with Gasteiger partial charge in [0.2, 0.25) is 0 Å². The zero-order chi connectivity index (χ0) is 15.8. The van der Waals surface area contributed by atoms with E-state index in [1.165, 1.54) is 19.1 Å². The number of nitrogens with two attached hydrogens (primary N) is 1. The first-order valence-electron chi connectivity index (χ1n) is 5.74. The van der Waals surface area contributed by atoms with Gasteiger partial charge in [-0.3, -0.25) is 4.72 Å². The summed E-state index contributed by atoms with van der Waals surface area (Å²) in [6.07, 6.45) is 0. The summed E-state index contributed by atoms with van der Waals surface area (Å²) in [5.41, 5.74) is 5.10. The summed E-state index contributed by atoms with van der Waals surface area (Å²) in [7, 11) is -4.15. The molecule has 8 heteroatoms. The molecule has 2 aromatic rings. The van der Waals surface area contributed by atoms with Gasteiger partial charge in [0, 0.05) is 15.7 Å². The largest absolute Gasteiger partial charge is 0.399 e.